The van der Waals surface area contributed by atoms with Crippen LogP contribution in [0.1, 0.15) is 29.5 Å². The molecule has 0 aromatic heterocycles. The molecule has 3 heterocycles. The van der Waals surface area contributed by atoms with Crippen LogP contribution in [0, 0.1) is 18.8 Å². The van der Waals surface area contributed by atoms with E-state index in [2.05, 4.69) is 10.6 Å². The number of carboxylic acids is 1. The summed E-state index contributed by atoms with van der Waals surface area (Å²) in [6.45, 7) is 1.93. The van der Waals surface area contributed by atoms with Gasteiger partial charge < -0.3 is 10.4 Å². The second-order valence-corrected chi connectivity index (χ2v) is 9.27. The van der Waals surface area contributed by atoms with E-state index in [1.54, 1.807) is 12.1 Å². The van der Waals surface area contributed by atoms with Gasteiger partial charge in [-0.15, -0.1) is 0 Å². The van der Waals surface area contributed by atoms with Crippen LogP contribution in [0.25, 0.3) is 0 Å². The first-order valence-electron chi connectivity index (χ1n) is 10.7. The van der Waals surface area contributed by atoms with Gasteiger partial charge in [0.15, 0.2) is 0 Å². The third-order valence-electron chi connectivity index (χ3n) is 6.86. The summed E-state index contributed by atoms with van der Waals surface area (Å²) in [5.74, 6) is -4.15. The Labute approximate surface area is 194 Å². The van der Waals surface area contributed by atoms with Crippen LogP contribution in [-0.4, -0.2) is 39.7 Å². The van der Waals surface area contributed by atoms with Crippen molar-refractivity contribution in [1.82, 2.24) is 10.2 Å². The van der Waals surface area contributed by atoms with Gasteiger partial charge in [-0.1, -0.05) is 48.0 Å². The average Bonchev–Trinajstić information content (AvgIpc) is 3.35. The number of hydrogen-bond acceptors (Lipinski definition) is 5. The van der Waals surface area contributed by atoms with Crippen LogP contribution in [0.2, 0.25) is 5.02 Å². The number of nitrogens with one attached hydrogen (secondary N) is 2. The highest BCUT2D eigenvalue weighted by Crippen LogP contribution is 2.55. The zero-order chi connectivity index (χ0) is 23.5. The summed E-state index contributed by atoms with van der Waals surface area (Å²) in [5, 5.41) is 15.6. The van der Waals surface area contributed by atoms with Crippen molar-refractivity contribution >= 4 is 41.0 Å². The lowest BCUT2D eigenvalue weighted by atomic mass is 9.76. The molecular weight excluding hydrogens is 446 g/mol. The number of carbonyl (C=O) groups is 4. The van der Waals surface area contributed by atoms with Crippen LogP contribution in [0.5, 0.6) is 0 Å². The van der Waals surface area contributed by atoms with E-state index in [1.165, 1.54) is 4.90 Å². The predicted molar refractivity (Wildman–Crippen MR) is 119 cm³/mol. The van der Waals surface area contributed by atoms with E-state index >= 15 is 0 Å². The number of rotatable bonds is 5. The first kappa shape index (κ1) is 21.6. The highest BCUT2D eigenvalue weighted by Gasteiger charge is 2.70. The number of fused-ring (bicyclic) bond motifs is 4. The number of halogens is 1. The Morgan fingerprint density at radius 1 is 1.15 bits per heavy atom. The van der Waals surface area contributed by atoms with Gasteiger partial charge >= 0.3 is 5.97 Å². The van der Waals surface area contributed by atoms with Gasteiger partial charge in [0.05, 0.1) is 29.1 Å². The Morgan fingerprint density at radius 2 is 1.88 bits per heavy atom. The number of anilines is 1. The molecule has 2 aromatic carbocycles. The lowest BCUT2D eigenvalue weighted by molar-refractivity contribution is -0.144. The summed E-state index contributed by atoms with van der Waals surface area (Å²) >= 11 is 6.40. The highest BCUT2D eigenvalue weighted by atomic mass is 35.5. The van der Waals surface area contributed by atoms with Gasteiger partial charge in [-0.05, 0) is 30.5 Å². The quantitative estimate of drug-likeness (QED) is 0.582. The molecule has 0 bridgehead atoms. The van der Waals surface area contributed by atoms with Crippen molar-refractivity contribution in [2.75, 3.05) is 5.32 Å². The third-order valence-corrected chi connectivity index (χ3v) is 7.16. The number of aryl methyl sites for hydroxylation is 1. The number of nitrogens with zero attached hydrogens (tertiary/aromatic N) is 1. The van der Waals surface area contributed by atoms with Gasteiger partial charge in [0.1, 0.15) is 5.54 Å². The Kier molecular flexibility index (Phi) is 5.02. The van der Waals surface area contributed by atoms with E-state index in [-0.39, 0.29) is 19.4 Å². The molecule has 9 heteroatoms. The summed E-state index contributed by atoms with van der Waals surface area (Å²) in [5.41, 5.74) is 1.04. The van der Waals surface area contributed by atoms with Gasteiger partial charge in [-0.25, -0.2) is 0 Å². The molecule has 0 aliphatic carbocycles. The van der Waals surface area contributed by atoms with Crippen molar-refractivity contribution in [1.29, 1.82) is 0 Å². The fourth-order valence-electron chi connectivity index (χ4n) is 5.50. The van der Waals surface area contributed by atoms with Gasteiger partial charge in [0, 0.05) is 18.0 Å². The van der Waals surface area contributed by atoms with E-state index in [9.17, 15) is 24.3 Å². The maximum atomic E-state index is 13.7. The molecule has 3 aliphatic rings. The van der Waals surface area contributed by atoms with Crippen molar-refractivity contribution < 1.29 is 24.3 Å². The molecule has 3 amide bonds. The summed E-state index contributed by atoms with van der Waals surface area (Å²) in [6.07, 6.45) is -0.0845. The van der Waals surface area contributed by atoms with Crippen molar-refractivity contribution in [3.8, 4) is 0 Å². The molecule has 5 rings (SSSR count). The fourth-order valence-corrected chi connectivity index (χ4v) is 5.82. The molecule has 0 radical (unpaired) electrons. The smallest absolute Gasteiger partial charge is 0.303 e. The van der Waals surface area contributed by atoms with Gasteiger partial charge in [-0.2, -0.15) is 0 Å². The van der Waals surface area contributed by atoms with Crippen molar-refractivity contribution in [2.24, 2.45) is 11.8 Å². The number of benzene rings is 2. The zero-order valence-electron chi connectivity index (χ0n) is 17.8. The van der Waals surface area contributed by atoms with Gasteiger partial charge in [-0.3, -0.25) is 29.4 Å². The number of aliphatic carboxylic acids is 1. The number of likely N-dealkylation sites (tertiary alicyclic amines) is 1. The third kappa shape index (κ3) is 3.16. The minimum atomic E-state index is -1.49. The summed E-state index contributed by atoms with van der Waals surface area (Å²) < 4.78 is 0. The van der Waals surface area contributed by atoms with Crippen LogP contribution in [0.15, 0.2) is 42.5 Å². The molecule has 33 heavy (non-hydrogen) atoms. The van der Waals surface area contributed by atoms with Crippen LogP contribution in [0.4, 0.5) is 5.69 Å². The van der Waals surface area contributed by atoms with Crippen molar-refractivity contribution in [3.63, 3.8) is 0 Å². The Morgan fingerprint density at radius 3 is 2.58 bits per heavy atom. The first-order valence-corrected chi connectivity index (χ1v) is 11.1. The lowest BCUT2D eigenvalue weighted by Gasteiger charge is -2.29. The molecule has 2 aromatic rings. The van der Waals surface area contributed by atoms with Crippen LogP contribution >= 0.6 is 11.6 Å². The molecule has 3 aliphatic heterocycles. The summed E-state index contributed by atoms with van der Waals surface area (Å²) in [7, 11) is 0. The summed E-state index contributed by atoms with van der Waals surface area (Å²) in [4.78, 5) is 53.1. The van der Waals surface area contributed by atoms with Gasteiger partial charge in [0.2, 0.25) is 17.7 Å². The molecule has 4 atom stereocenters. The number of hydrogen-bond donors (Lipinski definition) is 3. The molecule has 170 valence electrons. The molecule has 0 unspecified atom stereocenters. The normalized spacial score (nSPS) is 27.8. The van der Waals surface area contributed by atoms with Crippen LogP contribution < -0.4 is 10.6 Å². The fraction of sp³-hybridized carbons (Fsp3) is 0.333. The van der Waals surface area contributed by atoms with E-state index in [4.69, 9.17) is 11.6 Å². The van der Waals surface area contributed by atoms with Crippen molar-refractivity contribution in [2.45, 2.75) is 37.9 Å². The van der Waals surface area contributed by atoms with Gasteiger partial charge in [0.25, 0.3) is 0 Å². The minimum Gasteiger partial charge on any atom is -0.481 e. The first-order chi connectivity index (χ1) is 15.7. The lowest BCUT2D eigenvalue weighted by Crippen LogP contribution is -2.53. The maximum Gasteiger partial charge on any atom is 0.303 e. The summed E-state index contributed by atoms with van der Waals surface area (Å²) in [6, 6.07) is 12.0. The SMILES string of the molecule is Cc1cc(Cl)c2c(c1)[C@]1(N[C@@H](CCC(=O)O)[C@H]3C(=O)N(Cc4ccccc4)C(=O)[C@@H]31)C(=O)N2. The van der Waals surface area contributed by atoms with E-state index in [0.29, 0.717) is 16.3 Å². The Balaban J connectivity index is 1.62. The number of carbonyl (C=O) groups excluding carboxylic acids is 3. The largest absolute Gasteiger partial charge is 0.481 e. The molecule has 2 saturated heterocycles. The minimum absolute atomic E-state index is 0.0935. The maximum absolute atomic E-state index is 13.7. The average molecular weight is 468 g/mol. The molecule has 1 spiro atoms. The monoisotopic (exact) mass is 467 g/mol. The van der Waals surface area contributed by atoms with E-state index < -0.39 is 47.1 Å². The van der Waals surface area contributed by atoms with E-state index in [1.807, 2.05) is 37.3 Å². The predicted octanol–water partition coefficient (Wildman–Crippen LogP) is 2.43. The molecule has 3 N–H and O–H groups in total. The number of carboxylic acid groups (broad SMARTS) is 1. The second kappa shape index (κ2) is 7.67. The van der Waals surface area contributed by atoms with Crippen molar-refractivity contribution in [3.05, 3.63) is 64.2 Å². The van der Waals surface area contributed by atoms with E-state index in [0.717, 1.165) is 11.1 Å². The topological polar surface area (TPSA) is 116 Å². The zero-order valence-corrected chi connectivity index (χ0v) is 18.6. The molecule has 8 nitrogen and oxygen atoms in total. The Bertz CT molecular complexity index is 1200. The number of amides is 3. The Hall–Kier alpha value is -3.23. The molecular formula is C24H22ClN3O5. The van der Waals surface area contributed by atoms with Crippen LogP contribution in [0.3, 0.4) is 0 Å². The van der Waals surface area contributed by atoms with Crippen LogP contribution in [-0.2, 0) is 31.3 Å². The standard InChI is InChI=1S/C24H22ClN3O5/c1-12-9-14-20(15(25)10-12)26-23(33)24(14)19-18(16(27-24)7-8-17(29)30)21(31)28(22(19)32)11-13-5-3-2-4-6-13/h2-6,9-10,16,18-19,27H,7-8,11H2,1H3,(H,26,33)(H,29,30)/t16-,18+,19+,24+/m0/s1. The number of imide groups is 1. The molecule has 2 fully saturated rings. The second-order valence-electron chi connectivity index (χ2n) is 8.87. The highest BCUT2D eigenvalue weighted by molar-refractivity contribution is 6.35. The molecule has 0 saturated carbocycles.